The number of aliphatic hydroxyl groups is 1. The van der Waals surface area contributed by atoms with Crippen molar-refractivity contribution in [3.05, 3.63) is 0 Å². The van der Waals surface area contributed by atoms with Crippen molar-refractivity contribution in [3.63, 3.8) is 0 Å². The molecular weight excluding hydrogens is 178 g/mol. The minimum absolute atomic E-state index is 0.180. The molecule has 2 atom stereocenters. The van der Waals surface area contributed by atoms with Gasteiger partial charge in [-0.05, 0) is 33.4 Å². The maximum atomic E-state index is 9.15. The molecule has 1 rings (SSSR count). The summed E-state index contributed by atoms with van der Waals surface area (Å²) in [6.45, 7) is 3.80. The summed E-state index contributed by atoms with van der Waals surface area (Å²) in [5, 5.41) is 21.1. The van der Waals surface area contributed by atoms with E-state index in [1.54, 1.807) is 0 Å². The van der Waals surface area contributed by atoms with Gasteiger partial charge in [0.15, 0.2) is 0 Å². The molecule has 0 aromatic carbocycles. The highest BCUT2D eigenvalue weighted by molar-refractivity contribution is 5.14. The van der Waals surface area contributed by atoms with E-state index in [0.717, 1.165) is 13.0 Å². The molecular formula is C10H19N3O. The van der Waals surface area contributed by atoms with E-state index >= 15 is 0 Å². The fraction of sp³-hybridized carbons (Fsp3) is 0.900. The Labute approximate surface area is 85.5 Å². The lowest BCUT2D eigenvalue weighted by molar-refractivity contribution is 0.276. The van der Waals surface area contributed by atoms with Crippen LogP contribution in [-0.4, -0.2) is 48.3 Å². The van der Waals surface area contributed by atoms with Crippen LogP contribution in [0.25, 0.3) is 0 Å². The SMILES string of the molecule is CC1CC(C#N)(NCCCO)CN1C. The Morgan fingerprint density at radius 2 is 2.43 bits per heavy atom. The van der Waals surface area contributed by atoms with Gasteiger partial charge in [0.2, 0.25) is 0 Å². The Bertz CT molecular complexity index is 214. The summed E-state index contributed by atoms with van der Waals surface area (Å²) in [7, 11) is 2.04. The summed E-state index contributed by atoms with van der Waals surface area (Å²) in [5.74, 6) is 0. The van der Waals surface area contributed by atoms with Crippen LogP contribution < -0.4 is 5.32 Å². The molecule has 4 heteroatoms. The van der Waals surface area contributed by atoms with E-state index in [1.807, 2.05) is 7.05 Å². The van der Waals surface area contributed by atoms with Crippen LogP contribution in [0.15, 0.2) is 0 Å². The Kier molecular flexibility index (Phi) is 3.87. The van der Waals surface area contributed by atoms with Crippen LogP contribution in [-0.2, 0) is 0 Å². The van der Waals surface area contributed by atoms with E-state index in [0.29, 0.717) is 19.0 Å². The van der Waals surface area contributed by atoms with Crippen molar-refractivity contribution in [2.75, 3.05) is 26.7 Å². The van der Waals surface area contributed by atoms with Gasteiger partial charge in [-0.2, -0.15) is 5.26 Å². The van der Waals surface area contributed by atoms with Crippen LogP contribution in [0.2, 0.25) is 0 Å². The van der Waals surface area contributed by atoms with Crippen molar-refractivity contribution in [2.24, 2.45) is 0 Å². The normalized spacial score (nSPS) is 33.1. The van der Waals surface area contributed by atoms with Crippen molar-refractivity contribution < 1.29 is 5.11 Å². The zero-order valence-corrected chi connectivity index (χ0v) is 8.95. The smallest absolute Gasteiger partial charge is 0.121 e. The lowest BCUT2D eigenvalue weighted by atomic mass is 9.98. The Hall–Kier alpha value is -0.630. The third-order valence-electron chi connectivity index (χ3n) is 2.93. The Morgan fingerprint density at radius 1 is 1.71 bits per heavy atom. The maximum absolute atomic E-state index is 9.15. The predicted molar refractivity (Wildman–Crippen MR) is 54.8 cm³/mol. The number of rotatable bonds is 4. The minimum Gasteiger partial charge on any atom is -0.396 e. The second-order valence-corrected chi connectivity index (χ2v) is 4.17. The van der Waals surface area contributed by atoms with Gasteiger partial charge in [-0.25, -0.2) is 0 Å². The number of likely N-dealkylation sites (N-methyl/N-ethyl adjacent to an activating group) is 1. The van der Waals surface area contributed by atoms with Gasteiger partial charge in [-0.1, -0.05) is 0 Å². The van der Waals surface area contributed by atoms with Gasteiger partial charge in [-0.3, -0.25) is 5.32 Å². The van der Waals surface area contributed by atoms with Crippen LogP contribution in [0.1, 0.15) is 19.8 Å². The predicted octanol–water partition coefficient (Wildman–Crippen LogP) is -0.0552. The van der Waals surface area contributed by atoms with Gasteiger partial charge in [0.1, 0.15) is 5.54 Å². The fourth-order valence-electron chi connectivity index (χ4n) is 1.96. The van der Waals surface area contributed by atoms with Gasteiger partial charge >= 0.3 is 0 Å². The average molecular weight is 197 g/mol. The highest BCUT2D eigenvalue weighted by Gasteiger charge is 2.40. The van der Waals surface area contributed by atoms with Gasteiger partial charge in [0, 0.05) is 19.2 Å². The molecule has 1 saturated heterocycles. The molecule has 0 saturated carbocycles. The largest absolute Gasteiger partial charge is 0.396 e. The van der Waals surface area contributed by atoms with E-state index in [1.165, 1.54) is 0 Å². The lowest BCUT2D eigenvalue weighted by Crippen LogP contribution is -2.46. The molecule has 1 heterocycles. The molecule has 1 aliphatic heterocycles. The number of hydrogen-bond donors (Lipinski definition) is 2. The van der Waals surface area contributed by atoms with Crippen molar-refractivity contribution >= 4 is 0 Å². The topological polar surface area (TPSA) is 59.3 Å². The number of nitrogens with zero attached hydrogens (tertiary/aromatic N) is 2. The zero-order valence-electron chi connectivity index (χ0n) is 8.95. The van der Waals surface area contributed by atoms with Crippen LogP contribution in [0.4, 0.5) is 0 Å². The summed E-state index contributed by atoms with van der Waals surface area (Å²) >= 11 is 0. The van der Waals surface area contributed by atoms with E-state index in [9.17, 15) is 0 Å². The third-order valence-corrected chi connectivity index (χ3v) is 2.93. The molecule has 0 aliphatic carbocycles. The van der Waals surface area contributed by atoms with E-state index in [-0.39, 0.29) is 6.61 Å². The second kappa shape index (κ2) is 4.74. The summed E-state index contributed by atoms with van der Waals surface area (Å²) in [6.07, 6.45) is 1.58. The summed E-state index contributed by atoms with van der Waals surface area (Å²) in [5.41, 5.74) is -0.399. The first-order valence-corrected chi connectivity index (χ1v) is 5.11. The number of aliphatic hydroxyl groups excluding tert-OH is 1. The Balaban J connectivity index is 2.48. The number of likely N-dealkylation sites (tertiary alicyclic amines) is 1. The third kappa shape index (κ3) is 2.44. The van der Waals surface area contributed by atoms with Crippen molar-refractivity contribution in [1.82, 2.24) is 10.2 Å². The molecule has 0 bridgehead atoms. The highest BCUT2D eigenvalue weighted by atomic mass is 16.3. The Morgan fingerprint density at radius 3 is 2.86 bits per heavy atom. The van der Waals surface area contributed by atoms with Gasteiger partial charge < -0.3 is 10.0 Å². The molecule has 1 fully saturated rings. The minimum atomic E-state index is -0.399. The van der Waals surface area contributed by atoms with Gasteiger partial charge in [0.05, 0.1) is 6.07 Å². The molecule has 2 unspecified atom stereocenters. The number of nitrogens with one attached hydrogen (secondary N) is 1. The van der Waals surface area contributed by atoms with Crippen molar-refractivity contribution in [3.8, 4) is 6.07 Å². The molecule has 80 valence electrons. The van der Waals surface area contributed by atoms with Crippen LogP contribution in [0, 0.1) is 11.3 Å². The first-order valence-electron chi connectivity index (χ1n) is 5.11. The standard InChI is InChI=1S/C10H19N3O/c1-9-6-10(7-11,8-13(9)2)12-4-3-5-14/h9,12,14H,3-6,8H2,1-2H3. The van der Waals surface area contributed by atoms with Crippen LogP contribution in [0.3, 0.4) is 0 Å². The van der Waals surface area contributed by atoms with E-state index in [4.69, 9.17) is 10.4 Å². The number of nitriles is 1. The number of hydrogen-bond acceptors (Lipinski definition) is 4. The molecule has 0 amide bonds. The quantitative estimate of drug-likeness (QED) is 0.620. The molecule has 0 aromatic rings. The van der Waals surface area contributed by atoms with Crippen LogP contribution >= 0.6 is 0 Å². The van der Waals surface area contributed by atoms with Crippen LogP contribution in [0.5, 0.6) is 0 Å². The molecule has 4 nitrogen and oxygen atoms in total. The molecule has 0 spiro atoms. The van der Waals surface area contributed by atoms with Crippen molar-refractivity contribution in [2.45, 2.75) is 31.3 Å². The summed E-state index contributed by atoms with van der Waals surface area (Å²) in [6, 6.07) is 2.82. The molecule has 0 aromatic heterocycles. The molecule has 2 N–H and O–H groups in total. The summed E-state index contributed by atoms with van der Waals surface area (Å²) in [4.78, 5) is 2.19. The fourth-order valence-corrected chi connectivity index (χ4v) is 1.96. The first-order chi connectivity index (χ1) is 6.63. The van der Waals surface area contributed by atoms with Crippen molar-refractivity contribution in [1.29, 1.82) is 5.26 Å². The monoisotopic (exact) mass is 197 g/mol. The first kappa shape index (κ1) is 11.4. The van der Waals surface area contributed by atoms with E-state index in [2.05, 4.69) is 23.2 Å². The summed E-state index contributed by atoms with van der Waals surface area (Å²) < 4.78 is 0. The average Bonchev–Trinajstić information content (AvgIpc) is 2.44. The zero-order chi connectivity index (χ0) is 10.6. The molecule has 0 radical (unpaired) electrons. The molecule has 1 aliphatic rings. The maximum Gasteiger partial charge on any atom is 0.121 e. The van der Waals surface area contributed by atoms with Gasteiger partial charge in [0.25, 0.3) is 0 Å². The molecule has 14 heavy (non-hydrogen) atoms. The second-order valence-electron chi connectivity index (χ2n) is 4.17. The highest BCUT2D eigenvalue weighted by Crippen LogP contribution is 2.24. The van der Waals surface area contributed by atoms with E-state index < -0.39 is 5.54 Å². The lowest BCUT2D eigenvalue weighted by Gasteiger charge is -2.21. The van der Waals surface area contributed by atoms with Gasteiger partial charge in [-0.15, -0.1) is 0 Å².